The van der Waals surface area contributed by atoms with Crippen LogP contribution in [0.1, 0.15) is 25.7 Å². The SMILES string of the molecule is NC1=CC2COC3CCCCC3=C2C=C1. The zero-order chi connectivity index (χ0) is 10.3. The summed E-state index contributed by atoms with van der Waals surface area (Å²) in [6.45, 7) is 0.814. The zero-order valence-corrected chi connectivity index (χ0v) is 8.91. The smallest absolute Gasteiger partial charge is 0.0791 e. The monoisotopic (exact) mass is 203 g/mol. The molecule has 1 heterocycles. The van der Waals surface area contributed by atoms with Crippen LogP contribution in [0.25, 0.3) is 0 Å². The van der Waals surface area contributed by atoms with E-state index in [1.807, 2.05) is 6.08 Å². The highest BCUT2D eigenvalue weighted by Gasteiger charge is 2.30. The number of hydrogen-bond donors (Lipinski definition) is 1. The Morgan fingerprint density at radius 2 is 2.20 bits per heavy atom. The summed E-state index contributed by atoms with van der Waals surface area (Å²) in [5.74, 6) is 0.416. The maximum Gasteiger partial charge on any atom is 0.0791 e. The first-order chi connectivity index (χ1) is 7.34. The summed E-state index contributed by atoms with van der Waals surface area (Å²) < 4.78 is 5.91. The van der Waals surface area contributed by atoms with Crippen molar-refractivity contribution in [3.8, 4) is 0 Å². The lowest BCUT2D eigenvalue weighted by Crippen LogP contribution is -2.31. The minimum atomic E-state index is 0.405. The molecule has 2 heteroatoms. The zero-order valence-electron chi connectivity index (χ0n) is 8.91. The van der Waals surface area contributed by atoms with Crippen molar-refractivity contribution in [1.29, 1.82) is 0 Å². The summed E-state index contributed by atoms with van der Waals surface area (Å²) in [6, 6.07) is 0. The van der Waals surface area contributed by atoms with Crippen LogP contribution in [0.4, 0.5) is 0 Å². The van der Waals surface area contributed by atoms with Crippen LogP contribution in [0, 0.1) is 5.92 Å². The molecule has 0 aromatic heterocycles. The number of ether oxygens (including phenoxy) is 1. The lowest BCUT2D eigenvalue weighted by molar-refractivity contribution is 0.0364. The molecule has 1 aliphatic heterocycles. The summed E-state index contributed by atoms with van der Waals surface area (Å²) in [7, 11) is 0. The van der Waals surface area contributed by atoms with Crippen LogP contribution in [0.15, 0.2) is 35.1 Å². The molecule has 0 radical (unpaired) electrons. The van der Waals surface area contributed by atoms with E-state index in [0.29, 0.717) is 12.0 Å². The molecular weight excluding hydrogens is 186 g/mol. The van der Waals surface area contributed by atoms with E-state index < -0.39 is 0 Å². The molecule has 1 fully saturated rings. The van der Waals surface area contributed by atoms with Gasteiger partial charge in [-0.1, -0.05) is 18.6 Å². The molecule has 1 saturated carbocycles. The fraction of sp³-hybridized carbons (Fsp3) is 0.538. The summed E-state index contributed by atoms with van der Waals surface area (Å²) >= 11 is 0. The fourth-order valence-electron chi connectivity index (χ4n) is 2.88. The molecule has 0 aromatic rings. The molecule has 0 saturated heterocycles. The van der Waals surface area contributed by atoms with Crippen LogP contribution in [0.3, 0.4) is 0 Å². The predicted molar refractivity (Wildman–Crippen MR) is 60.1 cm³/mol. The second-order valence-corrected chi connectivity index (χ2v) is 4.65. The van der Waals surface area contributed by atoms with Crippen LogP contribution < -0.4 is 5.73 Å². The largest absolute Gasteiger partial charge is 0.399 e. The normalized spacial score (nSPS) is 34.5. The number of allylic oxidation sites excluding steroid dienone is 2. The number of rotatable bonds is 0. The average Bonchev–Trinajstić information content (AvgIpc) is 2.28. The lowest BCUT2D eigenvalue weighted by atomic mass is 9.80. The van der Waals surface area contributed by atoms with Gasteiger partial charge in [-0.2, -0.15) is 0 Å². The maximum absolute atomic E-state index is 5.91. The Balaban J connectivity index is 1.99. The van der Waals surface area contributed by atoms with E-state index >= 15 is 0 Å². The van der Waals surface area contributed by atoms with Crippen molar-refractivity contribution >= 4 is 0 Å². The van der Waals surface area contributed by atoms with Gasteiger partial charge in [0, 0.05) is 11.6 Å². The number of nitrogens with two attached hydrogens (primary N) is 1. The van der Waals surface area contributed by atoms with Gasteiger partial charge >= 0.3 is 0 Å². The van der Waals surface area contributed by atoms with E-state index in [4.69, 9.17) is 10.5 Å². The fourth-order valence-corrected chi connectivity index (χ4v) is 2.88. The lowest BCUT2D eigenvalue weighted by Gasteiger charge is -2.36. The third-order valence-corrected chi connectivity index (χ3v) is 3.65. The highest BCUT2D eigenvalue weighted by atomic mass is 16.5. The summed E-state index contributed by atoms with van der Waals surface area (Å²) in [4.78, 5) is 0. The molecule has 2 unspecified atom stereocenters. The highest BCUT2D eigenvalue weighted by Crippen LogP contribution is 2.38. The summed E-state index contributed by atoms with van der Waals surface area (Å²) in [6.07, 6.45) is 11.8. The Bertz CT molecular complexity index is 365. The summed E-state index contributed by atoms with van der Waals surface area (Å²) in [5, 5.41) is 0. The second kappa shape index (κ2) is 3.53. The van der Waals surface area contributed by atoms with Crippen molar-refractivity contribution in [3.05, 3.63) is 35.1 Å². The molecule has 2 nitrogen and oxygen atoms in total. The quantitative estimate of drug-likeness (QED) is 0.655. The van der Waals surface area contributed by atoms with Gasteiger partial charge in [-0.05, 0) is 36.5 Å². The van der Waals surface area contributed by atoms with Gasteiger partial charge < -0.3 is 10.5 Å². The van der Waals surface area contributed by atoms with Crippen molar-refractivity contribution in [2.75, 3.05) is 6.61 Å². The van der Waals surface area contributed by atoms with Crippen molar-refractivity contribution in [2.24, 2.45) is 11.7 Å². The van der Waals surface area contributed by atoms with Crippen molar-refractivity contribution in [3.63, 3.8) is 0 Å². The maximum atomic E-state index is 5.91. The Labute approximate surface area is 90.5 Å². The molecule has 2 aliphatic carbocycles. The van der Waals surface area contributed by atoms with Crippen molar-refractivity contribution in [2.45, 2.75) is 31.8 Å². The Hall–Kier alpha value is -1.02. The minimum absolute atomic E-state index is 0.405. The van der Waals surface area contributed by atoms with Gasteiger partial charge in [-0.25, -0.2) is 0 Å². The van der Waals surface area contributed by atoms with Gasteiger partial charge in [0.25, 0.3) is 0 Å². The highest BCUT2D eigenvalue weighted by molar-refractivity contribution is 5.42. The third kappa shape index (κ3) is 1.53. The van der Waals surface area contributed by atoms with Crippen LogP contribution in [0.2, 0.25) is 0 Å². The molecular formula is C13H17NO. The topological polar surface area (TPSA) is 35.2 Å². The molecule has 3 rings (SSSR count). The van der Waals surface area contributed by atoms with Gasteiger partial charge in [-0.3, -0.25) is 0 Å². The van der Waals surface area contributed by atoms with Crippen LogP contribution in [0.5, 0.6) is 0 Å². The summed E-state index contributed by atoms with van der Waals surface area (Å²) in [5.41, 5.74) is 9.71. The molecule has 0 bridgehead atoms. The predicted octanol–water partition coefficient (Wildman–Crippen LogP) is 2.28. The average molecular weight is 203 g/mol. The van der Waals surface area contributed by atoms with Gasteiger partial charge in [0.2, 0.25) is 0 Å². The van der Waals surface area contributed by atoms with E-state index in [-0.39, 0.29) is 0 Å². The van der Waals surface area contributed by atoms with E-state index in [2.05, 4.69) is 12.2 Å². The van der Waals surface area contributed by atoms with Crippen molar-refractivity contribution in [1.82, 2.24) is 0 Å². The van der Waals surface area contributed by atoms with E-state index in [0.717, 1.165) is 12.3 Å². The molecule has 0 spiro atoms. The van der Waals surface area contributed by atoms with Gasteiger partial charge in [0.05, 0.1) is 12.7 Å². The van der Waals surface area contributed by atoms with Gasteiger partial charge in [-0.15, -0.1) is 0 Å². The Morgan fingerprint density at radius 1 is 1.27 bits per heavy atom. The van der Waals surface area contributed by atoms with E-state index in [9.17, 15) is 0 Å². The molecule has 3 aliphatic rings. The molecule has 0 amide bonds. The standard InChI is InChI=1S/C13H17NO/c14-10-5-6-11-9(7-10)8-15-13-4-2-1-3-12(11)13/h5-7,9,13H,1-4,8,14H2. The Morgan fingerprint density at radius 3 is 3.13 bits per heavy atom. The second-order valence-electron chi connectivity index (χ2n) is 4.65. The van der Waals surface area contributed by atoms with Gasteiger partial charge in [0.15, 0.2) is 0 Å². The van der Waals surface area contributed by atoms with Gasteiger partial charge in [0.1, 0.15) is 0 Å². The molecule has 2 N–H and O–H groups in total. The molecule has 2 atom stereocenters. The first kappa shape index (κ1) is 9.22. The number of fused-ring (bicyclic) bond motifs is 2. The van der Waals surface area contributed by atoms with E-state index in [1.165, 1.54) is 36.8 Å². The minimum Gasteiger partial charge on any atom is -0.399 e. The first-order valence-electron chi connectivity index (χ1n) is 5.84. The van der Waals surface area contributed by atoms with Crippen LogP contribution >= 0.6 is 0 Å². The number of hydrogen-bond acceptors (Lipinski definition) is 2. The van der Waals surface area contributed by atoms with Crippen LogP contribution in [-0.2, 0) is 4.74 Å². The molecule has 80 valence electrons. The Kier molecular flexibility index (Phi) is 2.17. The molecule has 15 heavy (non-hydrogen) atoms. The van der Waals surface area contributed by atoms with E-state index in [1.54, 1.807) is 0 Å². The van der Waals surface area contributed by atoms with Crippen molar-refractivity contribution < 1.29 is 4.74 Å². The van der Waals surface area contributed by atoms with Crippen LogP contribution in [-0.4, -0.2) is 12.7 Å². The molecule has 0 aromatic carbocycles. The third-order valence-electron chi connectivity index (χ3n) is 3.65. The first-order valence-corrected chi connectivity index (χ1v) is 5.84.